The first-order valence-corrected chi connectivity index (χ1v) is 5.34. The van der Waals surface area contributed by atoms with Crippen molar-refractivity contribution in [3.8, 4) is 0 Å². The molecule has 2 nitrogen and oxygen atoms in total. The van der Waals surface area contributed by atoms with E-state index in [1.807, 2.05) is 13.0 Å². The van der Waals surface area contributed by atoms with E-state index >= 15 is 0 Å². The maximum absolute atomic E-state index is 9.62. The Morgan fingerprint density at radius 1 is 1.53 bits per heavy atom. The van der Waals surface area contributed by atoms with Gasteiger partial charge in [-0.15, -0.1) is 0 Å². The van der Waals surface area contributed by atoms with Crippen LogP contribution in [0.25, 0.3) is 0 Å². The Hall–Kier alpha value is -0.565. The third-order valence-electron chi connectivity index (χ3n) is 2.45. The molecule has 0 bridgehead atoms. The Morgan fingerprint density at radius 2 is 2.20 bits per heavy atom. The van der Waals surface area contributed by atoms with Crippen molar-refractivity contribution in [2.45, 2.75) is 39.1 Å². The molecule has 0 fully saturated rings. The fraction of sp³-hybridized carbons (Fsp3) is 0.600. The lowest BCUT2D eigenvalue weighted by atomic mass is 9.16. The highest BCUT2D eigenvalue weighted by Gasteiger charge is 2.18. The second kappa shape index (κ2) is 5.50. The zero-order valence-electron chi connectivity index (χ0n) is 9.36. The topological polar surface area (TPSA) is 33.4 Å². The van der Waals surface area contributed by atoms with E-state index in [-0.39, 0.29) is 0 Å². The van der Waals surface area contributed by atoms with Crippen molar-refractivity contribution < 1.29 is 9.52 Å². The van der Waals surface area contributed by atoms with Crippen molar-refractivity contribution in [2.75, 3.05) is 0 Å². The van der Waals surface area contributed by atoms with E-state index in [0.29, 0.717) is 5.76 Å². The van der Waals surface area contributed by atoms with E-state index in [0.717, 1.165) is 30.6 Å². The molecular weight excluding hydrogens is 185 g/mol. The molecule has 0 spiro atoms. The van der Waals surface area contributed by atoms with Crippen molar-refractivity contribution in [3.05, 3.63) is 23.2 Å². The van der Waals surface area contributed by atoms with E-state index in [9.17, 15) is 5.11 Å². The lowest BCUT2D eigenvalue weighted by Crippen LogP contribution is -2.24. The van der Waals surface area contributed by atoms with Crippen LogP contribution in [0.3, 0.4) is 0 Å². The van der Waals surface area contributed by atoms with Crippen LogP contribution < -0.4 is 0 Å². The summed E-state index contributed by atoms with van der Waals surface area (Å²) >= 11 is 0. The molecule has 0 saturated carbocycles. The maximum Gasteiger partial charge on any atom is 0.123 e. The SMILES string of the molecule is [B]B([B])[C@@H](O)c1cc(C)c(CCCC)o1. The molecule has 15 heavy (non-hydrogen) atoms. The summed E-state index contributed by atoms with van der Waals surface area (Å²) in [6, 6.07) is 0.890. The van der Waals surface area contributed by atoms with Crippen LogP contribution in [-0.4, -0.2) is 27.1 Å². The highest BCUT2D eigenvalue weighted by atomic mass is 16.4. The summed E-state index contributed by atoms with van der Waals surface area (Å²) in [4.78, 5) is 0. The van der Waals surface area contributed by atoms with Crippen LogP contribution >= 0.6 is 0 Å². The molecule has 0 unspecified atom stereocenters. The van der Waals surface area contributed by atoms with Crippen LogP contribution in [0.5, 0.6) is 0 Å². The largest absolute Gasteiger partial charge is 0.464 e. The van der Waals surface area contributed by atoms with Gasteiger partial charge in [-0.2, -0.15) is 0 Å². The number of furan rings is 1. The highest BCUT2D eigenvalue weighted by Crippen LogP contribution is 2.22. The molecule has 4 radical (unpaired) electrons. The van der Waals surface area contributed by atoms with Gasteiger partial charge in [0.25, 0.3) is 0 Å². The highest BCUT2D eigenvalue weighted by molar-refractivity contribution is 7.29. The summed E-state index contributed by atoms with van der Waals surface area (Å²) in [5.74, 6) is 1.39. The number of unbranched alkanes of at least 4 members (excludes halogenated alkanes) is 1. The van der Waals surface area contributed by atoms with Gasteiger partial charge in [0.2, 0.25) is 0 Å². The molecule has 0 aliphatic rings. The Kier molecular flexibility index (Phi) is 4.58. The number of aliphatic hydroxyl groups excluding tert-OH is 1. The fourth-order valence-electron chi connectivity index (χ4n) is 1.47. The molecule has 1 aromatic rings. The summed E-state index contributed by atoms with van der Waals surface area (Å²) in [5.41, 5.74) is 1.05. The predicted molar refractivity (Wildman–Crippen MR) is 64.3 cm³/mol. The summed E-state index contributed by atoms with van der Waals surface area (Å²) < 4.78 is 5.53. The van der Waals surface area contributed by atoms with Gasteiger partial charge >= 0.3 is 0 Å². The van der Waals surface area contributed by atoms with E-state index in [2.05, 4.69) is 6.92 Å². The smallest absolute Gasteiger partial charge is 0.123 e. The standard InChI is InChI=1S/C10H15B3O2/c1-3-4-5-8-7(2)6-9(15-8)10(14)13(11)12/h6,10,14H,3-5H2,1-2H3/t10-/m0/s1. The molecule has 0 aliphatic heterocycles. The number of hydrogen-bond acceptors (Lipinski definition) is 2. The Bertz CT molecular complexity index is 310. The third kappa shape index (κ3) is 3.20. The first-order valence-electron chi connectivity index (χ1n) is 5.34. The number of rotatable bonds is 5. The number of aliphatic hydroxyl groups is 1. The number of hydrogen-bond donors (Lipinski definition) is 1. The van der Waals surface area contributed by atoms with Crippen molar-refractivity contribution in [1.82, 2.24) is 0 Å². The molecule has 1 aromatic heterocycles. The summed E-state index contributed by atoms with van der Waals surface area (Å²) in [7, 11) is 10.8. The Morgan fingerprint density at radius 3 is 2.73 bits per heavy atom. The monoisotopic (exact) mass is 200 g/mol. The van der Waals surface area contributed by atoms with Crippen LogP contribution in [0.2, 0.25) is 0 Å². The zero-order valence-corrected chi connectivity index (χ0v) is 9.36. The average molecular weight is 200 g/mol. The normalized spacial score (nSPS) is 12.7. The minimum Gasteiger partial charge on any atom is -0.464 e. The molecule has 0 aliphatic carbocycles. The minimum absolute atomic E-state index is 0.466. The van der Waals surface area contributed by atoms with Crippen LogP contribution in [-0.2, 0) is 6.42 Å². The molecule has 1 atom stereocenters. The van der Waals surface area contributed by atoms with Crippen molar-refractivity contribution in [1.29, 1.82) is 0 Å². The van der Waals surface area contributed by atoms with Crippen molar-refractivity contribution in [2.24, 2.45) is 0 Å². The lowest BCUT2D eigenvalue weighted by molar-refractivity contribution is 0.222. The molecule has 76 valence electrons. The van der Waals surface area contributed by atoms with E-state index in [4.69, 9.17) is 19.9 Å². The summed E-state index contributed by atoms with van der Waals surface area (Å²) in [5, 5.41) is 9.62. The molecule has 1 heterocycles. The first-order chi connectivity index (χ1) is 7.06. The molecule has 0 aromatic carbocycles. The van der Waals surface area contributed by atoms with Gasteiger partial charge in [-0.1, -0.05) is 13.3 Å². The second-order valence-electron chi connectivity index (χ2n) is 3.88. The maximum atomic E-state index is 9.62. The Labute approximate surface area is 94.3 Å². The van der Waals surface area contributed by atoms with Gasteiger partial charge in [0.05, 0.1) is 12.5 Å². The van der Waals surface area contributed by atoms with Gasteiger partial charge < -0.3 is 9.52 Å². The number of aryl methyl sites for hydroxylation is 2. The third-order valence-corrected chi connectivity index (χ3v) is 2.45. The van der Waals surface area contributed by atoms with Gasteiger partial charge in [0, 0.05) is 21.9 Å². The van der Waals surface area contributed by atoms with E-state index < -0.39 is 12.5 Å². The zero-order chi connectivity index (χ0) is 11.4. The Balaban J connectivity index is 2.76. The molecular formula is C10H15B3O2. The van der Waals surface area contributed by atoms with Crippen LogP contribution in [0.1, 0.15) is 42.9 Å². The molecule has 0 amide bonds. The van der Waals surface area contributed by atoms with Gasteiger partial charge in [0.1, 0.15) is 11.5 Å². The summed E-state index contributed by atoms with van der Waals surface area (Å²) in [6.45, 7) is 3.30. The second-order valence-corrected chi connectivity index (χ2v) is 3.88. The van der Waals surface area contributed by atoms with Gasteiger partial charge in [0.15, 0.2) is 0 Å². The van der Waals surface area contributed by atoms with Crippen LogP contribution in [0, 0.1) is 6.92 Å². The van der Waals surface area contributed by atoms with Crippen molar-refractivity contribution >= 4 is 22.0 Å². The average Bonchev–Trinajstić information content (AvgIpc) is 2.55. The lowest BCUT2D eigenvalue weighted by Gasteiger charge is -2.09. The van der Waals surface area contributed by atoms with E-state index in [1.54, 1.807) is 0 Å². The molecule has 5 heteroatoms. The molecule has 0 saturated heterocycles. The summed E-state index contributed by atoms with van der Waals surface area (Å²) in [6.07, 6.45) is 3.10. The first kappa shape index (κ1) is 12.5. The van der Waals surface area contributed by atoms with E-state index in [1.165, 1.54) is 0 Å². The van der Waals surface area contributed by atoms with Crippen LogP contribution in [0.15, 0.2) is 10.5 Å². The fourth-order valence-corrected chi connectivity index (χ4v) is 1.47. The van der Waals surface area contributed by atoms with Gasteiger partial charge in [-0.05, 0) is 25.0 Å². The molecule has 1 N–H and O–H groups in total. The van der Waals surface area contributed by atoms with Gasteiger partial charge in [-0.3, -0.25) is 0 Å². The molecule has 1 rings (SSSR count). The van der Waals surface area contributed by atoms with Crippen molar-refractivity contribution in [3.63, 3.8) is 0 Å². The predicted octanol–water partition coefficient (Wildman–Crippen LogP) is 1.33. The minimum atomic E-state index is -0.918. The van der Waals surface area contributed by atoms with Crippen LogP contribution in [0.4, 0.5) is 0 Å². The quantitative estimate of drug-likeness (QED) is 0.726. The van der Waals surface area contributed by atoms with Gasteiger partial charge in [-0.25, -0.2) is 0 Å².